The monoisotopic (exact) mass is 360 g/mol. The zero-order chi connectivity index (χ0) is 18.2. The lowest BCUT2D eigenvalue weighted by molar-refractivity contribution is -0.132. The molecule has 132 valence electrons. The van der Waals surface area contributed by atoms with Gasteiger partial charge < -0.3 is 15.0 Å². The Morgan fingerprint density at radius 3 is 2.48 bits per heavy atom. The number of hydrogen-bond acceptors (Lipinski definition) is 3. The number of rotatable bonds is 7. The number of amides is 2. The molecule has 2 rings (SSSR count). The van der Waals surface area contributed by atoms with Crippen LogP contribution in [0.1, 0.15) is 12.5 Å². The maximum atomic E-state index is 12.2. The number of methoxy groups -OCH3 is 1. The molecule has 2 aromatic rings. The lowest BCUT2D eigenvalue weighted by Crippen LogP contribution is -2.38. The number of hydrogen-bond donors (Lipinski definition) is 1. The van der Waals surface area contributed by atoms with Crippen molar-refractivity contribution in [3.8, 4) is 5.75 Å². The number of para-hydroxylation sites is 2. The molecule has 0 heterocycles. The molecular formula is C19H21ClN2O3. The molecule has 0 aliphatic carbocycles. The van der Waals surface area contributed by atoms with E-state index in [1.807, 2.05) is 24.3 Å². The van der Waals surface area contributed by atoms with Gasteiger partial charge in [0.1, 0.15) is 5.75 Å². The number of nitrogens with zero attached hydrogens (tertiary/aromatic N) is 1. The topological polar surface area (TPSA) is 58.6 Å². The van der Waals surface area contributed by atoms with Crippen LogP contribution in [-0.2, 0) is 16.0 Å². The van der Waals surface area contributed by atoms with Crippen molar-refractivity contribution in [1.29, 1.82) is 0 Å². The lowest BCUT2D eigenvalue weighted by Gasteiger charge is -2.21. The molecule has 1 N–H and O–H groups in total. The van der Waals surface area contributed by atoms with Gasteiger partial charge in [-0.15, -0.1) is 0 Å². The Labute approximate surface area is 152 Å². The van der Waals surface area contributed by atoms with Crippen molar-refractivity contribution in [2.45, 2.75) is 13.3 Å². The Morgan fingerprint density at radius 1 is 1.12 bits per heavy atom. The van der Waals surface area contributed by atoms with Crippen LogP contribution in [0, 0.1) is 0 Å². The maximum absolute atomic E-state index is 12.2. The summed E-state index contributed by atoms with van der Waals surface area (Å²) in [6.45, 7) is 1.84. The van der Waals surface area contributed by atoms with Crippen LogP contribution in [0.2, 0.25) is 5.02 Å². The Balaban J connectivity index is 1.97. The highest BCUT2D eigenvalue weighted by molar-refractivity contribution is 6.33. The van der Waals surface area contributed by atoms with Gasteiger partial charge in [-0.2, -0.15) is 0 Å². The number of benzene rings is 2. The van der Waals surface area contributed by atoms with E-state index in [9.17, 15) is 9.59 Å². The van der Waals surface area contributed by atoms with Crippen molar-refractivity contribution in [3.63, 3.8) is 0 Å². The van der Waals surface area contributed by atoms with E-state index in [1.54, 1.807) is 31.4 Å². The Bertz CT molecular complexity index is 749. The van der Waals surface area contributed by atoms with Crippen molar-refractivity contribution < 1.29 is 14.3 Å². The van der Waals surface area contributed by atoms with Gasteiger partial charge >= 0.3 is 0 Å². The number of carbonyl (C=O) groups excluding carboxylic acids is 2. The zero-order valence-corrected chi connectivity index (χ0v) is 15.0. The second-order valence-electron chi connectivity index (χ2n) is 5.53. The minimum atomic E-state index is -0.289. The SMILES string of the molecule is COc1ccccc1CCN(CC(=O)Nc1ccccc1Cl)C(C)=O. The molecular weight excluding hydrogens is 340 g/mol. The van der Waals surface area contributed by atoms with Crippen LogP contribution in [0.4, 0.5) is 5.69 Å². The molecule has 0 unspecified atom stereocenters. The summed E-state index contributed by atoms with van der Waals surface area (Å²) in [5.74, 6) is 0.319. The summed E-state index contributed by atoms with van der Waals surface area (Å²) in [7, 11) is 1.61. The van der Waals surface area contributed by atoms with Crippen LogP contribution in [0.3, 0.4) is 0 Å². The quantitative estimate of drug-likeness (QED) is 0.823. The molecule has 2 amide bonds. The van der Waals surface area contributed by atoms with Gasteiger partial charge in [0, 0.05) is 13.5 Å². The second-order valence-corrected chi connectivity index (χ2v) is 5.94. The molecule has 0 spiro atoms. The number of anilines is 1. The zero-order valence-electron chi connectivity index (χ0n) is 14.3. The molecule has 0 atom stereocenters. The van der Waals surface area contributed by atoms with Gasteiger partial charge in [-0.1, -0.05) is 41.9 Å². The number of halogens is 1. The molecule has 0 saturated heterocycles. The average Bonchev–Trinajstić information content (AvgIpc) is 2.60. The first kappa shape index (κ1) is 18.8. The lowest BCUT2D eigenvalue weighted by atomic mass is 10.1. The molecule has 0 fully saturated rings. The van der Waals surface area contributed by atoms with Crippen molar-refractivity contribution in [2.24, 2.45) is 0 Å². The van der Waals surface area contributed by atoms with E-state index in [-0.39, 0.29) is 18.4 Å². The summed E-state index contributed by atoms with van der Waals surface area (Å²) in [5, 5.41) is 3.18. The average molecular weight is 361 g/mol. The van der Waals surface area contributed by atoms with Crippen LogP contribution >= 0.6 is 11.6 Å². The van der Waals surface area contributed by atoms with Crippen molar-refractivity contribution in [1.82, 2.24) is 4.90 Å². The smallest absolute Gasteiger partial charge is 0.244 e. The molecule has 6 heteroatoms. The third-order valence-corrected chi connectivity index (χ3v) is 4.10. The van der Waals surface area contributed by atoms with E-state index < -0.39 is 0 Å². The van der Waals surface area contributed by atoms with E-state index >= 15 is 0 Å². The summed E-state index contributed by atoms with van der Waals surface area (Å²) in [6.07, 6.45) is 0.600. The second kappa shape index (κ2) is 9.08. The Morgan fingerprint density at radius 2 is 1.80 bits per heavy atom. The van der Waals surface area contributed by atoms with Crippen LogP contribution < -0.4 is 10.1 Å². The molecule has 0 aliphatic heterocycles. The minimum absolute atomic E-state index is 0.0320. The fraction of sp³-hybridized carbons (Fsp3) is 0.263. The number of carbonyl (C=O) groups is 2. The van der Waals surface area contributed by atoms with Gasteiger partial charge in [-0.3, -0.25) is 9.59 Å². The fourth-order valence-corrected chi connectivity index (χ4v) is 2.62. The molecule has 0 saturated carbocycles. The molecule has 0 aromatic heterocycles. The van der Waals surface area contributed by atoms with E-state index in [0.717, 1.165) is 11.3 Å². The maximum Gasteiger partial charge on any atom is 0.244 e. The summed E-state index contributed by atoms with van der Waals surface area (Å²) in [4.78, 5) is 25.6. The molecule has 0 radical (unpaired) electrons. The van der Waals surface area contributed by atoms with Gasteiger partial charge in [-0.05, 0) is 30.2 Å². The molecule has 0 aliphatic rings. The predicted molar refractivity (Wildman–Crippen MR) is 99.0 cm³/mol. The highest BCUT2D eigenvalue weighted by Gasteiger charge is 2.15. The number of ether oxygens (including phenoxy) is 1. The molecule has 0 bridgehead atoms. The summed E-state index contributed by atoms with van der Waals surface area (Å²) in [6, 6.07) is 14.6. The van der Waals surface area contributed by atoms with Crippen LogP contribution in [0.15, 0.2) is 48.5 Å². The van der Waals surface area contributed by atoms with E-state index in [2.05, 4.69) is 5.32 Å². The minimum Gasteiger partial charge on any atom is -0.496 e. The van der Waals surface area contributed by atoms with Crippen LogP contribution in [0.5, 0.6) is 5.75 Å². The molecule has 25 heavy (non-hydrogen) atoms. The molecule has 2 aromatic carbocycles. The van der Waals surface area contributed by atoms with Crippen LogP contribution in [-0.4, -0.2) is 36.9 Å². The third kappa shape index (κ3) is 5.50. The van der Waals surface area contributed by atoms with Gasteiger partial charge in [0.05, 0.1) is 24.4 Å². The van der Waals surface area contributed by atoms with E-state index in [1.165, 1.54) is 11.8 Å². The third-order valence-electron chi connectivity index (χ3n) is 3.77. The van der Waals surface area contributed by atoms with Gasteiger partial charge in [0.15, 0.2) is 0 Å². The van der Waals surface area contributed by atoms with Gasteiger partial charge in [-0.25, -0.2) is 0 Å². The van der Waals surface area contributed by atoms with Crippen molar-refractivity contribution >= 4 is 29.1 Å². The van der Waals surface area contributed by atoms with Crippen molar-refractivity contribution in [3.05, 3.63) is 59.1 Å². The normalized spacial score (nSPS) is 10.2. The first-order valence-electron chi connectivity index (χ1n) is 7.93. The van der Waals surface area contributed by atoms with Gasteiger partial charge in [0.2, 0.25) is 11.8 Å². The summed E-state index contributed by atoms with van der Waals surface area (Å²) >= 11 is 6.03. The van der Waals surface area contributed by atoms with Crippen molar-refractivity contribution in [2.75, 3.05) is 25.5 Å². The Hall–Kier alpha value is -2.53. The standard InChI is InChI=1S/C19H21ClN2O3/c1-14(23)22(12-11-15-7-3-6-10-18(15)25-2)13-19(24)21-17-9-5-4-8-16(17)20/h3-10H,11-13H2,1-2H3,(H,21,24). The highest BCUT2D eigenvalue weighted by atomic mass is 35.5. The highest BCUT2D eigenvalue weighted by Crippen LogP contribution is 2.20. The molecule has 5 nitrogen and oxygen atoms in total. The largest absolute Gasteiger partial charge is 0.496 e. The van der Waals surface area contributed by atoms with E-state index in [4.69, 9.17) is 16.3 Å². The Kier molecular flexibility index (Phi) is 6.83. The fourth-order valence-electron chi connectivity index (χ4n) is 2.44. The first-order chi connectivity index (χ1) is 12.0. The van der Waals surface area contributed by atoms with Gasteiger partial charge in [0.25, 0.3) is 0 Å². The summed E-state index contributed by atoms with van der Waals surface area (Å²) < 4.78 is 5.31. The number of nitrogens with one attached hydrogen (secondary N) is 1. The predicted octanol–water partition coefficient (Wildman–Crippen LogP) is 3.38. The first-order valence-corrected chi connectivity index (χ1v) is 8.31. The van der Waals surface area contributed by atoms with Crippen LogP contribution in [0.25, 0.3) is 0 Å². The van der Waals surface area contributed by atoms with E-state index in [0.29, 0.717) is 23.7 Å². The summed E-state index contributed by atoms with van der Waals surface area (Å²) in [5.41, 5.74) is 1.52.